The number of methoxy groups -OCH3 is 2. The summed E-state index contributed by atoms with van der Waals surface area (Å²) in [4.78, 5) is 13.7. The lowest BCUT2D eigenvalue weighted by molar-refractivity contribution is -0.225. The van der Waals surface area contributed by atoms with Crippen LogP contribution >= 0.6 is 0 Å². The molecule has 0 aromatic heterocycles. The van der Waals surface area contributed by atoms with Gasteiger partial charge in [0.25, 0.3) is 0 Å². The van der Waals surface area contributed by atoms with Crippen LogP contribution in [0.2, 0.25) is 0 Å². The fourth-order valence-electron chi connectivity index (χ4n) is 6.15. The summed E-state index contributed by atoms with van der Waals surface area (Å²) >= 11 is 0. The van der Waals surface area contributed by atoms with Crippen molar-refractivity contribution in [2.24, 2.45) is 17.8 Å². The van der Waals surface area contributed by atoms with Crippen LogP contribution < -0.4 is 0 Å². The topological polar surface area (TPSA) is 63.2 Å². The molecule has 160 valence electrons. The number of hydrogen-bond donors (Lipinski definition) is 0. The summed E-state index contributed by atoms with van der Waals surface area (Å²) in [6.45, 7) is 4.76. The maximum atomic E-state index is 13.7. The van der Waals surface area contributed by atoms with Crippen LogP contribution in [0.1, 0.15) is 52.4 Å². The molecule has 6 nitrogen and oxygen atoms in total. The molecule has 1 saturated carbocycles. The van der Waals surface area contributed by atoms with Crippen LogP contribution in [0.5, 0.6) is 0 Å². The van der Waals surface area contributed by atoms with Crippen LogP contribution in [-0.4, -0.2) is 50.5 Å². The van der Waals surface area contributed by atoms with Crippen molar-refractivity contribution in [1.29, 1.82) is 0 Å². The van der Waals surface area contributed by atoms with Crippen molar-refractivity contribution >= 4 is 5.78 Å². The van der Waals surface area contributed by atoms with E-state index in [1.807, 2.05) is 0 Å². The summed E-state index contributed by atoms with van der Waals surface area (Å²) in [6, 6.07) is 0. The Morgan fingerprint density at radius 1 is 1.00 bits per heavy atom. The van der Waals surface area contributed by atoms with E-state index in [-0.39, 0.29) is 35.7 Å². The average molecular weight is 405 g/mol. The zero-order valence-corrected chi connectivity index (χ0v) is 17.9. The van der Waals surface area contributed by atoms with Crippen LogP contribution in [0, 0.1) is 17.8 Å². The van der Waals surface area contributed by atoms with Gasteiger partial charge in [0.05, 0.1) is 44.4 Å². The van der Waals surface area contributed by atoms with Crippen LogP contribution in [0.15, 0.2) is 22.9 Å². The predicted octanol–water partition coefficient (Wildman–Crippen LogP) is 3.51. The fraction of sp³-hybridized carbons (Fsp3) is 0.783. The zero-order chi connectivity index (χ0) is 20.3. The van der Waals surface area contributed by atoms with E-state index in [1.165, 1.54) is 0 Å². The molecule has 29 heavy (non-hydrogen) atoms. The van der Waals surface area contributed by atoms with Gasteiger partial charge in [0.1, 0.15) is 35.8 Å². The molecule has 5 aliphatic rings. The lowest BCUT2D eigenvalue weighted by Gasteiger charge is -2.53. The van der Waals surface area contributed by atoms with E-state index in [1.54, 1.807) is 14.2 Å². The third-order valence-corrected chi connectivity index (χ3v) is 7.62. The number of carbonyl (C=O) groups excluding carboxylic acids is 1. The minimum atomic E-state index is -0.221. The lowest BCUT2D eigenvalue weighted by Crippen LogP contribution is -2.60. The van der Waals surface area contributed by atoms with Crippen LogP contribution in [0.3, 0.4) is 0 Å². The van der Waals surface area contributed by atoms with E-state index in [9.17, 15) is 4.79 Å². The first kappa shape index (κ1) is 19.4. The number of ketones is 1. The van der Waals surface area contributed by atoms with E-state index in [4.69, 9.17) is 23.7 Å². The normalized spacial score (nSPS) is 40.9. The first-order chi connectivity index (χ1) is 13.9. The minimum Gasteiger partial charge on any atom is -0.497 e. The highest BCUT2D eigenvalue weighted by molar-refractivity contribution is 5.88. The Labute approximate surface area is 172 Å². The molecule has 0 N–H and O–H groups in total. The maximum Gasteiger partial charge on any atom is 0.148 e. The number of rotatable bonds is 2. The fourth-order valence-corrected chi connectivity index (χ4v) is 6.15. The van der Waals surface area contributed by atoms with Gasteiger partial charge in [-0.15, -0.1) is 0 Å². The average Bonchev–Trinajstić information content (AvgIpc) is 2.71. The van der Waals surface area contributed by atoms with Crippen molar-refractivity contribution in [2.75, 3.05) is 20.8 Å². The molecule has 0 aromatic carbocycles. The quantitative estimate of drug-likeness (QED) is 0.702. The highest BCUT2D eigenvalue weighted by Crippen LogP contribution is 2.50. The van der Waals surface area contributed by atoms with Gasteiger partial charge in [-0.1, -0.05) is 0 Å². The van der Waals surface area contributed by atoms with E-state index >= 15 is 0 Å². The van der Waals surface area contributed by atoms with E-state index in [0.717, 1.165) is 48.5 Å². The molecule has 3 aliphatic heterocycles. The smallest absolute Gasteiger partial charge is 0.148 e. The van der Waals surface area contributed by atoms with Gasteiger partial charge >= 0.3 is 0 Å². The van der Waals surface area contributed by atoms with Crippen molar-refractivity contribution < 1.29 is 28.5 Å². The van der Waals surface area contributed by atoms with Crippen molar-refractivity contribution in [3.8, 4) is 0 Å². The van der Waals surface area contributed by atoms with Gasteiger partial charge in [0, 0.05) is 18.3 Å². The molecular formula is C23H32O6. The summed E-state index contributed by atoms with van der Waals surface area (Å²) in [7, 11) is 3.30. The van der Waals surface area contributed by atoms with Gasteiger partial charge in [-0.3, -0.25) is 4.79 Å². The first-order valence-electron chi connectivity index (χ1n) is 10.9. The Bertz CT molecular complexity index is 765. The van der Waals surface area contributed by atoms with Gasteiger partial charge in [-0.05, 0) is 45.1 Å². The molecule has 3 fully saturated rings. The Morgan fingerprint density at radius 2 is 1.76 bits per heavy atom. The second-order valence-electron chi connectivity index (χ2n) is 9.69. The monoisotopic (exact) mass is 404 g/mol. The predicted molar refractivity (Wildman–Crippen MR) is 105 cm³/mol. The number of fused-ring (bicyclic) bond motifs is 5. The Morgan fingerprint density at radius 3 is 2.52 bits per heavy atom. The minimum absolute atomic E-state index is 0.0343. The number of carbonyl (C=O) groups is 1. The summed E-state index contributed by atoms with van der Waals surface area (Å²) < 4.78 is 30.1. The first-order valence-corrected chi connectivity index (χ1v) is 10.9. The molecule has 0 bridgehead atoms. The molecule has 3 heterocycles. The van der Waals surface area contributed by atoms with Gasteiger partial charge in [0.15, 0.2) is 0 Å². The van der Waals surface area contributed by atoms with Gasteiger partial charge in [-0.2, -0.15) is 0 Å². The Kier molecular flexibility index (Phi) is 4.70. The molecular weight excluding hydrogens is 372 g/mol. The molecule has 0 spiro atoms. The van der Waals surface area contributed by atoms with E-state index in [2.05, 4.69) is 13.8 Å². The molecule has 0 amide bonds. The van der Waals surface area contributed by atoms with Gasteiger partial charge in [-0.25, -0.2) is 0 Å². The standard InChI is InChI=1S/C23H32O6/c1-23(2)8-7-12-15(29-23)6-5-13-21(24)20-14-9-17(25-3)18(26-4)10-16(14)27-11-19(20)28-22(12)13/h12-13,15,19-20,22H,5-11H2,1-4H3/t12?,13?,15?,19-,20+,22?/m1/s1. The third-order valence-electron chi connectivity index (χ3n) is 7.62. The molecule has 0 radical (unpaired) electrons. The summed E-state index contributed by atoms with van der Waals surface area (Å²) in [6.07, 6.45) is 4.93. The lowest BCUT2D eigenvalue weighted by atomic mass is 9.65. The van der Waals surface area contributed by atoms with E-state index in [0.29, 0.717) is 31.1 Å². The molecule has 6 atom stereocenters. The molecule has 4 unspecified atom stereocenters. The molecule has 6 heteroatoms. The molecule has 0 aromatic rings. The summed E-state index contributed by atoms with van der Waals surface area (Å²) in [5.74, 6) is 2.83. The molecule has 5 rings (SSSR count). The van der Waals surface area contributed by atoms with Crippen molar-refractivity contribution in [3.05, 3.63) is 22.9 Å². The second-order valence-corrected chi connectivity index (χ2v) is 9.69. The van der Waals surface area contributed by atoms with Gasteiger partial charge in [0.2, 0.25) is 0 Å². The van der Waals surface area contributed by atoms with E-state index < -0.39 is 0 Å². The Hall–Kier alpha value is -1.53. The number of allylic oxidation sites excluding steroid dienone is 1. The van der Waals surface area contributed by atoms with Crippen LogP contribution in [-0.2, 0) is 28.5 Å². The van der Waals surface area contributed by atoms with Crippen LogP contribution in [0.25, 0.3) is 0 Å². The summed E-state index contributed by atoms with van der Waals surface area (Å²) in [5.41, 5.74) is 0.956. The third kappa shape index (κ3) is 3.10. The van der Waals surface area contributed by atoms with Crippen molar-refractivity contribution in [2.45, 2.75) is 76.3 Å². The van der Waals surface area contributed by atoms with Crippen molar-refractivity contribution in [1.82, 2.24) is 0 Å². The summed E-state index contributed by atoms with van der Waals surface area (Å²) in [5, 5.41) is 0. The van der Waals surface area contributed by atoms with Gasteiger partial charge < -0.3 is 23.7 Å². The van der Waals surface area contributed by atoms with Crippen molar-refractivity contribution in [3.63, 3.8) is 0 Å². The molecule has 2 saturated heterocycles. The zero-order valence-electron chi connectivity index (χ0n) is 17.9. The number of ether oxygens (including phenoxy) is 5. The molecule has 2 aliphatic carbocycles. The Balaban J connectivity index is 1.40. The highest BCUT2D eigenvalue weighted by atomic mass is 16.6. The SMILES string of the molecule is COC1=C(OC)CC2=C(C1)OC[C@H]1OC3C(CCC4OC(C)(C)CCC43)C(=O)[C@@H]21. The highest BCUT2D eigenvalue weighted by Gasteiger charge is 2.56. The second kappa shape index (κ2) is 7.02. The largest absolute Gasteiger partial charge is 0.497 e. The maximum absolute atomic E-state index is 13.7. The number of hydrogen-bond acceptors (Lipinski definition) is 6. The van der Waals surface area contributed by atoms with Crippen LogP contribution in [0.4, 0.5) is 0 Å². The number of Topliss-reactive ketones (excluding diaryl/α,β-unsaturated/α-hetero) is 1.